The minimum atomic E-state index is -4.43. The van der Waals surface area contributed by atoms with Crippen molar-refractivity contribution in [2.45, 2.75) is 57.0 Å². The molecule has 0 saturated carbocycles. The molecule has 3 heterocycles. The van der Waals surface area contributed by atoms with Crippen LogP contribution in [0.2, 0.25) is 0 Å². The van der Waals surface area contributed by atoms with Gasteiger partial charge in [-0.05, 0) is 41.7 Å². The first-order valence-corrected chi connectivity index (χ1v) is 13.1. The molecule has 1 aromatic heterocycles. The first-order valence-electron chi connectivity index (χ1n) is 12.3. The SMILES string of the molecule is O=C(O)C[C@@H]1COc2cc(O[C@@H]3CCc4c3ccc(C(F)(F)F)c4CN3CCc4ncsc4C3)ccc21. The minimum Gasteiger partial charge on any atom is -0.492 e. The van der Waals surface area contributed by atoms with Crippen molar-refractivity contribution in [1.29, 1.82) is 0 Å². The quantitative estimate of drug-likeness (QED) is 0.439. The number of carbonyl (C=O) groups is 1. The van der Waals surface area contributed by atoms with Crippen molar-refractivity contribution in [3.05, 3.63) is 74.2 Å². The summed E-state index contributed by atoms with van der Waals surface area (Å²) in [6.07, 6.45) is -2.95. The van der Waals surface area contributed by atoms with Crippen LogP contribution in [0.4, 0.5) is 13.2 Å². The number of benzene rings is 2. The van der Waals surface area contributed by atoms with E-state index in [1.54, 1.807) is 35.0 Å². The summed E-state index contributed by atoms with van der Waals surface area (Å²) in [5.41, 5.74) is 4.99. The standard InChI is InChI=1S/C27H25F3N2O4S/c28-27(29,30)21-5-3-19-18(20(21)11-32-8-7-22-25(12-32)37-14-31-22)4-6-23(19)36-16-1-2-17-15(9-26(33)34)13-35-24(17)10-16/h1-3,5,10,14-15,23H,4,6-9,11-13H2,(H,33,34)/t15-,23-/m1/s1. The van der Waals surface area contributed by atoms with E-state index >= 15 is 0 Å². The Morgan fingerprint density at radius 2 is 2.05 bits per heavy atom. The highest BCUT2D eigenvalue weighted by atomic mass is 32.1. The van der Waals surface area contributed by atoms with Gasteiger partial charge in [0.2, 0.25) is 0 Å². The number of aliphatic carboxylic acids is 1. The van der Waals surface area contributed by atoms with Crippen molar-refractivity contribution in [3.8, 4) is 11.5 Å². The first kappa shape index (κ1) is 24.2. The number of rotatable bonds is 6. The molecule has 194 valence electrons. The van der Waals surface area contributed by atoms with Gasteiger partial charge in [-0.3, -0.25) is 9.69 Å². The number of fused-ring (bicyclic) bond motifs is 3. The van der Waals surface area contributed by atoms with E-state index in [1.807, 2.05) is 6.07 Å². The lowest BCUT2D eigenvalue weighted by Gasteiger charge is -2.28. The largest absolute Gasteiger partial charge is 0.492 e. The van der Waals surface area contributed by atoms with E-state index in [0.29, 0.717) is 49.6 Å². The zero-order valence-electron chi connectivity index (χ0n) is 19.9. The predicted octanol–water partition coefficient (Wildman–Crippen LogP) is 5.74. The van der Waals surface area contributed by atoms with E-state index in [1.165, 1.54) is 6.07 Å². The molecule has 10 heteroatoms. The van der Waals surface area contributed by atoms with Crippen LogP contribution >= 0.6 is 11.3 Å². The Morgan fingerprint density at radius 3 is 2.86 bits per heavy atom. The smallest absolute Gasteiger partial charge is 0.416 e. The molecule has 3 aliphatic rings. The van der Waals surface area contributed by atoms with Crippen LogP contribution in [0.15, 0.2) is 35.8 Å². The second-order valence-electron chi connectivity index (χ2n) is 9.79. The fourth-order valence-corrected chi connectivity index (χ4v) is 6.57. The molecule has 6 nitrogen and oxygen atoms in total. The normalized spacial score (nSPS) is 20.7. The Balaban J connectivity index is 1.25. The third-order valence-corrected chi connectivity index (χ3v) is 8.34. The van der Waals surface area contributed by atoms with Gasteiger partial charge in [0.1, 0.15) is 17.6 Å². The lowest BCUT2D eigenvalue weighted by atomic mass is 9.95. The monoisotopic (exact) mass is 530 g/mol. The molecule has 6 rings (SSSR count). The lowest BCUT2D eigenvalue weighted by molar-refractivity contribution is -0.139. The number of halogens is 3. The number of carboxylic acids is 1. The van der Waals surface area contributed by atoms with Gasteiger partial charge in [0.15, 0.2) is 0 Å². The van der Waals surface area contributed by atoms with Crippen LogP contribution in [0.25, 0.3) is 0 Å². The summed E-state index contributed by atoms with van der Waals surface area (Å²) >= 11 is 1.55. The molecule has 0 radical (unpaired) electrons. The Labute approximate surface area is 215 Å². The number of alkyl halides is 3. The van der Waals surface area contributed by atoms with Crippen molar-refractivity contribution >= 4 is 17.3 Å². The molecular weight excluding hydrogens is 505 g/mol. The summed E-state index contributed by atoms with van der Waals surface area (Å²) in [7, 11) is 0. The molecule has 0 spiro atoms. The van der Waals surface area contributed by atoms with Gasteiger partial charge in [-0.2, -0.15) is 13.2 Å². The van der Waals surface area contributed by atoms with Crippen LogP contribution < -0.4 is 9.47 Å². The zero-order valence-corrected chi connectivity index (χ0v) is 20.7. The molecule has 1 N–H and O–H groups in total. The van der Waals surface area contributed by atoms with Crippen molar-refractivity contribution < 1.29 is 32.5 Å². The van der Waals surface area contributed by atoms with Gasteiger partial charge in [-0.25, -0.2) is 4.98 Å². The number of hydrogen-bond acceptors (Lipinski definition) is 6. The average Bonchev–Trinajstić information content (AvgIpc) is 3.57. The third kappa shape index (κ3) is 4.68. The fourth-order valence-electron chi connectivity index (χ4n) is 5.71. The van der Waals surface area contributed by atoms with Gasteiger partial charge in [0.05, 0.1) is 29.8 Å². The van der Waals surface area contributed by atoms with Crippen molar-refractivity contribution in [3.63, 3.8) is 0 Å². The summed E-state index contributed by atoms with van der Waals surface area (Å²) < 4.78 is 54.0. The molecule has 0 bridgehead atoms. The van der Waals surface area contributed by atoms with Crippen LogP contribution in [0, 0.1) is 0 Å². The number of aromatic nitrogens is 1. The Morgan fingerprint density at radius 1 is 1.22 bits per heavy atom. The summed E-state index contributed by atoms with van der Waals surface area (Å²) in [5, 5.41) is 9.11. The highest BCUT2D eigenvalue weighted by Gasteiger charge is 2.38. The van der Waals surface area contributed by atoms with E-state index in [2.05, 4.69) is 9.88 Å². The number of hydrogen-bond donors (Lipinski definition) is 1. The molecule has 0 amide bonds. The van der Waals surface area contributed by atoms with Gasteiger partial charge >= 0.3 is 12.1 Å². The topological polar surface area (TPSA) is 71.9 Å². The zero-order chi connectivity index (χ0) is 25.7. The molecule has 2 aliphatic heterocycles. The summed E-state index contributed by atoms with van der Waals surface area (Å²) in [5.74, 6) is 0.0775. The minimum absolute atomic E-state index is 0.00511. The first-order chi connectivity index (χ1) is 17.8. The van der Waals surface area contributed by atoms with Crippen LogP contribution in [0.3, 0.4) is 0 Å². The lowest BCUT2D eigenvalue weighted by Crippen LogP contribution is -2.31. The van der Waals surface area contributed by atoms with Crippen LogP contribution in [-0.2, 0) is 36.9 Å². The van der Waals surface area contributed by atoms with E-state index in [-0.39, 0.29) is 25.0 Å². The van der Waals surface area contributed by atoms with Crippen molar-refractivity contribution in [2.24, 2.45) is 0 Å². The van der Waals surface area contributed by atoms with Gasteiger partial charge in [-0.15, -0.1) is 11.3 Å². The Kier molecular flexibility index (Phi) is 6.11. The molecule has 2 atom stereocenters. The number of thiazole rings is 1. The number of ether oxygens (including phenoxy) is 2. The summed E-state index contributed by atoms with van der Waals surface area (Å²) in [4.78, 5) is 18.7. The maximum atomic E-state index is 14.0. The maximum Gasteiger partial charge on any atom is 0.416 e. The van der Waals surface area contributed by atoms with E-state index < -0.39 is 17.7 Å². The van der Waals surface area contributed by atoms with Crippen LogP contribution in [0.5, 0.6) is 11.5 Å². The van der Waals surface area contributed by atoms with E-state index in [9.17, 15) is 18.0 Å². The van der Waals surface area contributed by atoms with Gasteiger partial charge in [0.25, 0.3) is 0 Å². The molecule has 0 saturated heterocycles. The van der Waals surface area contributed by atoms with Gasteiger partial charge in [0, 0.05) is 48.5 Å². The molecular formula is C27H25F3N2O4S. The Hall–Kier alpha value is -3.11. The highest BCUT2D eigenvalue weighted by molar-refractivity contribution is 7.09. The molecule has 0 unspecified atom stereocenters. The Bertz CT molecular complexity index is 1360. The van der Waals surface area contributed by atoms with E-state index in [4.69, 9.17) is 14.6 Å². The van der Waals surface area contributed by atoms with Crippen molar-refractivity contribution in [1.82, 2.24) is 9.88 Å². The second-order valence-corrected chi connectivity index (χ2v) is 10.7. The molecule has 3 aromatic rings. The number of nitrogens with zero attached hydrogens (tertiary/aromatic N) is 2. The van der Waals surface area contributed by atoms with E-state index in [0.717, 1.165) is 33.7 Å². The second kappa shape index (κ2) is 9.33. The summed E-state index contributed by atoms with van der Waals surface area (Å²) in [6, 6.07) is 8.11. The third-order valence-electron chi connectivity index (χ3n) is 7.48. The number of carboxylic acid groups (broad SMARTS) is 1. The molecule has 1 aliphatic carbocycles. The maximum absolute atomic E-state index is 14.0. The van der Waals surface area contributed by atoms with Gasteiger partial charge < -0.3 is 14.6 Å². The highest BCUT2D eigenvalue weighted by Crippen LogP contribution is 2.44. The fraction of sp³-hybridized carbons (Fsp3) is 0.407. The average molecular weight is 531 g/mol. The van der Waals surface area contributed by atoms with Crippen LogP contribution in [-0.4, -0.2) is 34.1 Å². The van der Waals surface area contributed by atoms with Crippen LogP contribution in [0.1, 0.15) is 63.3 Å². The molecule has 0 fully saturated rings. The molecule has 2 aromatic carbocycles. The van der Waals surface area contributed by atoms with Crippen molar-refractivity contribution in [2.75, 3.05) is 13.2 Å². The predicted molar refractivity (Wildman–Crippen MR) is 130 cm³/mol. The molecule has 37 heavy (non-hydrogen) atoms. The summed E-state index contributed by atoms with van der Waals surface area (Å²) in [6.45, 7) is 1.83. The van der Waals surface area contributed by atoms with Gasteiger partial charge in [-0.1, -0.05) is 12.1 Å².